The molecule has 0 aliphatic carbocycles. The lowest BCUT2D eigenvalue weighted by molar-refractivity contribution is 0.0953. The molecular weight excluding hydrogens is 312 g/mol. The van der Waals surface area contributed by atoms with Gasteiger partial charge >= 0.3 is 0 Å². The molecule has 132 valence electrons. The minimum atomic E-state index is -0.311. The summed E-state index contributed by atoms with van der Waals surface area (Å²) < 4.78 is 21.0. The summed E-state index contributed by atoms with van der Waals surface area (Å²) in [6.45, 7) is 5.73. The van der Waals surface area contributed by atoms with E-state index >= 15 is 0 Å². The molecule has 0 saturated heterocycles. The number of amides is 1. The van der Waals surface area contributed by atoms with E-state index in [1.54, 1.807) is 25.3 Å². The van der Waals surface area contributed by atoms with Gasteiger partial charge in [0.25, 0.3) is 11.9 Å². The van der Waals surface area contributed by atoms with E-state index in [2.05, 4.69) is 24.2 Å². The van der Waals surface area contributed by atoms with Gasteiger partial charge in [0.2, 0.25) is 6.79 Å². The van der Waals surface area contributed by atoms with Gasteiger partial charge in [-0.25, -0.2) is 4.99 Å². The number of nitrogens with one attached hydrogen (secondary N) is 1. The highest BCUT2D eigenvalue weighted by atomic mass is 16.7. The van der Waals surface area contributed by atoms with Gasteiger partial charge in [0.15, 0.2) is 11.5 Å². The molecule has 7 nitrogen and oxygen atoms in total. The van der Waals surface area contributed by atoms with Gasteiger partial charge in [-0.05, 0) is 30.5 Å². The molecule has 0 atom stereocenters. The molecular formula is C17H24N2O5. The Hall–Kier alpha value is -2.28. The van der Waals surface area contributed by atoms with Crippen molar-refractivity contribution in [2.45, 2.75) is 20.3 Å². The summed E-state index contributed by atoms with van der Waals surface area (Å²) >= 11 is 0. The van der Waals surface area contributed by atoms with Crippen molar-refractivity contribution >= 4 is 11.9 Å². The first-order valence-corrected chi connectivity index (χ1v) is 7.97. The third kappa shape index (κ3) is 5.42. The van der Waals surface area contributed by atoms with E-state index in [1.165, 1.54) is 0 Å². The number of hydrogen-bond donors (Lipinski definition) is 1. The van der Waals surface area contributed by atoms with Crippen LogP contribution in [0.2, 0.25) is 0 Å². The molecule has 1 aromatic rings. The van der Waals surface area contributed by atoms with Crippen LogP contribution in [0.5, 0.6) is 11.5 Å². The Labute approximate surface area is 142 Å². The van der Waals surface area contributed by atoms with Crippen LogP contribution in [0.4, 0.5) is 0 Å². The molecule has 0 saturated carbocycles. The van der Waals surface area contributed by atoms with E-state index in [0.717, 1.165) is 6.42 Å². The van der Waals surface area contributed by atoms with Gasteiger partial charge in [0.1, 0.15) is 6.61 Å². The summed E-state index contributed by atoms with van der Waals surface area (Å²) in [4.78, 5) is 16.7. The molecule has 1 aliphatic rings. The number of fused-ring (bicyclic) bond motifs is 1. The average molecular weight is 336 g/mol. The van der Waals surface area contributed by atoms with Crippen molar-refractivity contribution in [2.24, 2.45) is 10.9 Å². The van der Waals surface area contributed by atoms with Crippen molar-refractivity contribution in [1.29, 1.82) is 0 Å². The van der Waals surface area contributed by atoms with E-state index < -0.39 is 0 Å². The number of nitrogens with zero attached hydrogens (tertiary/aromatic N) is 1. The number of amidine groups is 1. The number of carbonyl (C=O) groups excluding carboxylic acids is 1. The highest BCUT2D eigenvalue weighted by Gasteiger charge is 2.17. The van der Waals surface area contributed by atoms with Crippen LogP contribution in [0.25, 0.3) is 0 Å². The lowest BCUT2D eigenvalue weighted by Crippen LogP contribution is -2.33. The number of rotatable bonds is 7. The molecule has 2 rings (SSSR count). The monoisotopic (exact) mass is 336 g/mol. The molecule has 1 N–H and O–H groups in total. The summed E-state index contributed by atoms with van der Waals surface area (Å²) in [5, 5.41) is 2.69. The minimum absolute atomic E-state index is 0.169. The summed E-state index contributed by atoms with van der Waals surface area (Å²) in [5.41, 5.74) is 0.450. The van der Waals surface area contributed by atoms with Crippen LogP contribution in [0, 0.1) is 5.92 Å². The van der Waals surface area contributed by atoms with Crippen LogP contribution >= 0.6 is 0 Å². The van der Waals surface area contributed by atoms with Gasteiger partial charge in [0.05, 0.1) is 6.61 Å². The Kier molecular flexibility index (Phi) is 6.87. The molecule has 0 fully saturated rings. The van der Waals surface area contributed by atoms with Gasteiger partial charge in [0, 0.05) is 19.2 Å². The van der Waals surface area contributed by atoms with Gasteiger partial charge in [-0.2, -0.15) is 0 Å². The number of ether oxygens (including phenoxy) is 4. The molecule has 0 spiro atoms. The van der Waals surface area contributed by atoms with Gasteiger partial charge in [-0.1, -0.05) is 13.8 Å². The zero-order valence-corrected chi connectivity index (χ0v) is 14.3. The van der Waals surface area contributed by atoms with Crippen LogP contribution in [0.1, 0.15) is 30.6 Å². The zero-order valence-electron chi connectivity index (χ0n) is 14.3. The summed E-state index contributed by atoms with van der Waals surface area (Å²) in [6.07, 6.45) is 0.914. The quantitative estimate of drug-likeness (QED) is 0.469. The maximum absolute atomic E-state index is 12.4. The van der Waals surface area contributed by atoms with Crippen molar-refractivity contribution in [3.05, 3.63) is 23.8 Å². The van der Waals surface area contributed by atoms with Gasteiger partial charge in [-0.15, -0.1) is 0 Å². The third-order valence-corrected chi connectivity index (χ3v) is 3.34. The van der Waals surface area contributed by atoms with Crippen molar-refractivity contribution in [2.75, 3.05) is 33.7 Å². The van der Waals surface area contributed by atoms with Gasteiger partial charge in [-0.3, -0.25) is 10.1 Å². The van der Waals surface area contributed by atoms with Crippen LogP contribution < -0.4 is 14.8 Å². The van der Waals surface area contributed by atoms with E-state index in [-0.39, 0.29) is 18.7 Å². The Morgan fingerprint density at radius 1 is 1.29 bits per heavy atom. The normalized spacial score (nSPS) is 13.2. The molecule has 0 radical (unpaired) electrons. The number of hydrogen-bond acceptors (Lipinski definition) is 6. The molecule has 0 bridgehead atoms. The van der Waals surface area contributed by atoms with E-state index in [9.17, 15) is 4.79 Å². The largest absolute Gasteiger partial charge is 0.463 e. The number of methoxy groups -OCH3 is 1. The van der Waals surface area contributed by atoms with Crippen LogP contribution in [0.3, 0.4) is 0 Å². The second-order valence-electron chi connectivity index (χ2n) is 5.73. The second-order valence-corrected chi connectivity index (χ2v) is 5.73. The topological polar surface area (TPSA) is 78.4 Å². The molecule has 7 heteroatoms. The minimum Gasteiger partial charge on any atom is -0.463 e. The van der Waals surface area contributed by atoms with Crippen molar-refractivity contribution < 1.29 is 23.7 Å². The lowest BCUT2D eigenvalue weighted by Gasteiger charge is -2.11. The highest BCUT2D eigenvalue weighted by Crippen LogP contribution is 2.32. The number of carbonyl (C=O) groups is 1. The predicted octanol–water partition coefficient (Wildman–Crippen LogP) is 2.21. The summed E-state index contributed by atoms with van der Waals surface area (Å²) in [5.74, 6) is 1.41. The predicted molar refractivity (Wildman–Crippen MR) is 89.6 cm³/mol. The second kappa shape index (κ2) is 9.12. The van der Waals surface area contributed by atoms with Crippen LogP contribution in [0.15, 0.2) is 23.2 Å². The number of aliphatic imine (C=N–C) groups is 1. The molecule has 1 aromatic carbocycles. The fourth-order valence-corrected chi connectivity index (χ4v) is 1.97. The third-order valence-electron chi connectivity index (χ3n) is 3.34. The summed E-state index contributed by atoms with van der Waals surface area (Å²) in [6, 6.07) is 5.22. The lowest BCUT2D eigenvalue weighted by atomic mass is 10.1. The molecule has 24 heavy (non-hydrogen) atoms. The molecule has 0 unspecified atom stereocenters. The van der Waals surface area contributed by atoms with Crippen molar-refractivity contribution in [1.82, 2.24) is 5.32 Å². The SMILES string of the molecule is COCCOC(=NCCC(C)C)NC(=O)c1ccc2c(c1)OCO2. The Morgan fingerprint density at radius 3 is 2.83 bits per heavy atom. The van der Waals surface area contributed by atoms with Crippen LogP contribution in [-0.4, -0.2) is 45.6 Å². The fraction of sp³-hybridized carbons (Fsp3) is 0.529. The van der Waals surface area contributed by atoms with Crippen molar-refractivity contribution in [3.63, 3.8) is 0 Å². The average Bonchev–Trinajstić information content (AvgIpc) is 3.02. The Bertz CT molecular complexity index is 586. The molecule has 1 heterocycles. The highest BCUT2D eigenvalue weighted by molar-refractivity contribution is 6.04. The first kappa shape index (κ1) is 18.1. The fourth-order valence-electron chi connectivity index (χ4n) is 1.97. The molecule has 0 aromatic heterocycles. The Balaban J connectivity index is 1.99. The summed E-state index contributed by atoms with van der Waals surface area (Å²) in [7, 11) is 1.59. The Morgan fingerprint density at radius 2 is 2.08 bits per heavy atom. The van der Waals surface area contributed by atoms with Gasteiger partial charge < -0.3 is 18.9 Å². The maximum atomic E-state index is 12.4. The maximum Gasteiger partial charge on any atom is 0.291 e. The molecule has 1 amide bonds. The first-order chi connectivity index (χ1) is 11.6. The van der Waals surface area contributed by atoms with E-state index in [0.29, 0.717) is 42.7 Å². The first-order valence-electron chi connectivity index (χ1n) is 7.97. The zero-order chi connectivity index (χ0) is 17.4. The van der Waals surface area contributed by atoms with E-state index in [4.69, 9.17) is 18.9 Å². The smallest absolute Gasteiger partial charge is 0.291 e. The van der Waals surface area contributed by atoms with Crippen LogP contribution in [-0.2, 0) is 9.47 Å². The molecule has 1 aliphatic heterocycles. The van der Waals surface area contributed by atoms with Crippen molar-refractivity contribution in [3.8, 4) is 11.5 Å². The number of benzene rings is 1. The van der Waals surface area contributed by atoms with E-state index in [1.807, 2.05) is 0 Å². The standard InChI is InChI=1S/C17H24N2O5/c1-12(2)6-7-18-17(22-9-8-21-3)19-16(20)13-4-5-14-15(10-13)24-11-23-14/h4-5,10,12H,6-9,11H2,1-3H3,(H,18,19,20).